The van der Waals surface area contributed by atoms with Crippen LogP contribution in [0.4, 0.5) is 0 Å². The molecule has 1 N–H and O–H groups in total. The molecule has 1 aromatic carbocycles. The summed E-state index contributed by atoms with van der Waals surface area (Å²) >= 11 is 0. The summed E-state index contributed by atoms with van der Waals surface area (Å²) in [5.41, 5.74) is 3.40. The second-order valence-electron chi connectivity index (χ2n) is 5.54. The maximum Gasteiger partial charge on any atom is 0.307 e. The molecular formula is C17H17N3O2. The van der Waals surface area contributed by atoms with Crippen molar-refractivity contribution in [1.82, 2.24) is 14.5 Å². The van der Waals surface area contributed by atoms with Gasteiger partial charge in [0.15, 0.2) is 5.65 Å². The molecule has 0 atom stereocenters. The van der Waals surface area contributed by atoms with Crippen LogP contribution in [-0.4, -0.2) is 25.6 Å². The molecule has 3 rings (SSSR count). The molecule has 2 heterocycles. The molecule has 0 aliphatic rings. The van der Waals surface area contributed by atoms with Gasteiger partial charge in [0.25, 0.3) is 0 Å². The predicted molar refractivity (Wildman–Crippen MR) is 84.3 cm³/mol. The maximum atomic E-state index is 10.8. The van der Waals surface area contributed by atoms with Crippen molar-refractivity contribution in [3.05, 3.63) is 54.0 Å². The first-order valence-corrected chi connectivity index (χ1v) is 7.20. The van der Waals surface area contributed by atoms with Gasteiger partial charge in [-0.1, -0.05) is 26.0 Å². The lowest BCUT2D eigenvalue weighted by Gasteiger charge is -2.11. The number of hydrogen-bond donors (Lipinski definition) is 1. The molecule has 0 radical (unpaired) electrons. The standard InChI is InChI=1S/C17H17N3O2/c1-11(2)16-19-14-4-3-9-18-17(14)20(16)13-7-5-12(6-8-13)10-15(21)22/h3-9,11H,10H2,1-2H3,(H,21,22). The van der Waals surface area contributed by atoms with Gasteiger partial charge in [-0.15, -0.1) is 0 Å². The topological polar surface area (TPSA) is 68.0 Å². The zero-order valence-corrected chi connectivity index (χ0v) is 12.5. The Morgan fingerprint density at radius 2 is 1.95 bits per heavy atom. The summed E-state index contributed by atoms with van der Waals surface area (Å²) in [6, 6.07) is 11.3. The minimum atomic E-state index is -0.828. The van der Waals surface area contributed by atoms with Crippen LogP contribution in [-0.2, 0) is 11.2 Å². The molecule has 0 aliphatic heterocycles. The average Bonchev–Trinajstić information content (AvgIpc) is 2.87. The van der Waals surface area contributed by atoms with Crippen LogP contribution >= 0.6 is 0 Å². The summed E-state index contributed by atoms with van der Waals surface area (Å²) in [6.07, 6.45) is 1.78. The van der Waals surface area contributed by atoms with Gasteiger partial charge < -0.3 is 5.11 Å². The number of rotatable bonds is 4. The quantitative estimate of drug-likeness (QED) is 0.802. The van der Waals surface area contributed by atoms with Gasteiger partial charge >= 0.3 is 5.97 Å². The second kappa shape index (κ2) is 5.60. The van der Waals surface area contributed by atoms with Crippen LogP contribution in [0.3, 0.4) is 0 Å². The number of aromatic nitrogens is 3. The second-order valence-corrected chi connectivity index (χ2v) is 5.54. The minimum absolute atomic E-state index is 0.0280. The highest BCUT2D eigenvalue weighted by Crippen LogP contribution is 2.24. The maximum absolute atomic E-state index is 10.8. The molecule has 0 fully saturated rings. The van der Waals surface area contributed by atoms with E-state index in [1.54, 1.807) is 6.20 Å². The summed E-state index contributed by atoms with van der Waals surface area (Å²) in [6.45, 7) is 4.19. The fourth-order valence-corrected chi connectivity index (χ4v) is 2.51. The van der Waals surface area contributed by atoms with Gasteiger partial charge in [-0.3, -0.25) is 9.36 Å². The molecule has 3 aromatic rings. The summed E-state index contributed by atoms with van der Waals surface area (Å²) in [7, 11) is 0. The van der Waals surface area contributed by atoms with Crippen molar-refractivity contribution in [2.75, 3.05) is 0 Å². The Morgan fingerprint density at radius 1 is 1.23 bits per heavy atom. The fraction of sp³-hybridized carbons (Fsp3) is 0.235. The first kappa shape index (κ1) is 14.3. The van der Waals surface area contributed by atoms with Crippen LogP contribution in [0.25, 0.3) is 16.9 Å². The van der Waals surface area contributed by atoms with E-state index >= 15 is 0 Å². The molecule has 22 heavy (non-hydrogen) atoms. The summed E-state index contributed by atoms with van der Waals surface area (Å²) in [4.78, 5) is 19.9. The van der Waals surface area contributed by atoms with Gasteiger partial charge in [0.05, 0.1) is 6.42 Å². The van der Waals surface area contributed by atoms with E-state index in [9.17, 15) is 4.79 Å². The van der Waals surface area contributed by atoms with Crippen LogP contribution in [0.1, 0.15) is 31.2 Å². The molecular weight excluding hydrogens is 278 g/mol. The molecule has 0 spiro atoms. The third-order valence-corrected chi connectivity index (χ3v) is 3.51. The molecule has 5 nitrogen and oxygen atoms in total. The minimum Gasteiger partial charge on any atom is -0.481 e. The zero-order chi connectivity index (χ0) is 15.7. The number of imidazole rings is 1. The molecule has 0 aliphatic carbocycles. The van der Waals surface area contributed by atoms with Crippen molar-refractivity contribution in [1.29, 1.82) is 0 Å². The Bertz CT molecular complexity index is 820. The summed E-state index contributed by atoms with van der Waals surface area (Å²) < 4.78 is 2.03. The van der Waals surface area contributed by atoms with E-state index < -0.39 is 5.97 Å². The predicted octanol–water partition coefficient (Wildman–Crippen LogP) is 3.17. The van der Waals surface area contributed by atoms with Gasteiger partial charge in [0.1, 0.15) is 11.3 Å². The molecule has 0 unspecified atom stereocenters. The zero-order valence-electron chi connectivity index (χ0n) is 12.5. The highest BCUT2D eigenvalue weighted by Gasteiger charge is 2.15. The van der Waals surface area contributed by atoms with Gasteiger partial charge in [-0.2, -0.15) is 0 Å². The SMILES string of the molecule is CC(C)c1nc2cccnc2n1-c1ccc(CC(=O)O)cc1. The lowest BCUT2D eigenvalue weighted by molar-refractivity contribution is -0.136. The number of fused-ring (bicyclic) bond motifs is 1. The summed E-state index contributed by atoms with van der Waals surface area (Å²) in [5.74, 6) is 0.373. The molecule has 5 heteroatoms. The Balaban J connectivity index is 2.12. The molecule has 2 aromatic heterocycles. The first-order valence-electron chi connectivity index (χ1n) is 7.20. The Kier molecular flexibility index (Phi) is 3.63. The van der Waals surface area contributed by atoms with Crippen molar-refractivity contribution in [3.63, 3.8) is 0 Å². The summed E-state index contributed by atoms with van der Waals surface area (Å²) in [5, 5.41) is 8.85. The number of pyridine rings is 1. The normalized spacial score (nSPS) is 11.2. The third-order valence-electron chi connectivity index (χ3n) is 3.51. The monoisotopic (exact) mass is 295 g/mol. The lowest BCUT2D eigenvalue weighted by Crippen LogP contribution is -2.05. The van der Waals surface area contributed by atoms with Gasteiger partial charge in [-0.25, -0.2) is 9.97 Å². The molecule has 0 saturated carbocycles. The Morgan fingerprint density at radius 3 is 2.59 bits per heavy atom. The number of carbonyl (C=O) groups is 1. The third kappa shape index (κ3) is 2.57. The van der Waals surface area contributed by atoms with Crippen molar-refractivity contribution >= 4 is 17.1 Å². The van der Waals surface area contributed by atoms with Crippen LogP contribution in [0.5, 0.6) is 0 Å². The van der Waals surface area contributed by atoms with E-state index in [1.807, 2.05) is 41.0 Å². The van der Waals surface area contributed by atoms with Crippen molar-refractivity contribution < 1.29 is 9.90 Å². The van der Waals surface area contributed by atoms with E-state index in [4.69, 9.17) is 5.11 Å². The largest absolute Gasteiger partial charge is 0.481 e. The van der Waals surface area contributed by atoms with E-state index in [2.05, 4.69) is 23.8 Å². The highest BCUT2D eigenvalue weighted by atomic mass is 16.4. The van der Waals surface area contributed by atoms with Gasteiger partial charge in [0.2, 0.25) is 0 Å². The number of benzene rings is 1. The lowest BCUT2D eigenvalue weighted by atomic mass is 10.1. The van der Waals surface area contributed by atoms with E-state index in [0.29, 0.717) is 0 Å². The van der Waals surface area contributed by atoms with Crippen LogP contribution in [0, 0.1) is 0 Å². The first-order chi connectivity index (χ1) is 10.6. The van der Waals surface area contributed by atoms with Crippen LogP contribution < -0.4 is 0 Å². The van der Waals surface area contributed by atoms with Crippen molar-refractivity contribution in [3.8, 4) is 5.69 Å². The van der Waals surface area contributed by atoms with Crippen molar-refractivity contribution in [2.24, 2.45) is 0 Å². The van der Waals surface area contributed by atoms with E-state index in [1.165, 1.54) is 0 Å². The molecule has 0 bridgehead atoms. The molecule has 112 valence electrons. The van der Waals surface area contributed by atoms with Gasteiger partial charge in [-0.05, 0) is 29.8 Å². The number of carboxylic acid groups (broad SMARTS) is 1. The number of hydrogen-bond acceptors (Lipinski definition) is 3. The van der Waals surface area contributed by atoms with E-state index in [0.717, 1.165) is 28.2 Å². The smallest absolute Gasteiger partial charge is 0.307 e. The van der Waals surface area contributed by atoms with Gasteiger partial charge in [0, 0.05) is 17.8 Å². The van der Waals surface area contributed by atoms with E-state index in [-0.39, 0.29) is 12.3 Å². The molecule has 0 amide bonds. The fourth-order valence-electron chi connectivity index (χ4n) is 2.51. The highest BCUT2D eigenvalue weighted by molar-refractivity contribution is 5.74. The average molecular weight is 295 g/mol. The van der Waals surface area contributed by atoms with Crippen molar-refractivity contribution in [2.45, 2.75) is 26.2 Å². The number of aliphatic carboxylic acids is 1. The Labute approximate surface area is 128 Å². The Hall–Kier alpha value is -2.69. The van der Waals surface area contributed by atoms with Crippen LogP contribution in [0.2, 0.25) is 0 Å². The number of carboxylic acids is 1. The van der Waals surface area contributed by atoms with Crippen LogP contribution in [0.15, 0.2) is 42.6 Å². The molecule has 0 saturated heterocycles. The number of nitrogens with zero attached hydrogens (tertiary/aromatic N) is 3.